The van der Waals surface area contributed by atoms with Gasteiger partial charge in [0.1, 0.15) is 11.5 Å². The second-order valence-corrected chi connectivity index (χ2v) is 8.52. The van der Waals surface area contributed by atoms with Gasteiger partial charge >= 0.3 is 31.4 Å². The molecule has 0 aliphatic heterocycles. The maximum absolute atomic E-state index is 11.6. The number of carbonyl (C=O) groups excluding carboxylic acids is 2. The third-order valence-electron chi connectivity index (χ3n) is 4.91. The Kier molecular flexibility index (Phi) is 17.6. The molecule has 37 heavy (non-hydrogen) atoms. The molecule has 0 aromatic heterocycles. The van der Waals surface area contributed by atoms with Crippen LogP contribution in [-0.2, 0) is 38.5 Å². The van der Waals surface area contributed by atoms with Crippen LogP contribution in [0.25, 0.3) is 0 Å². The van der Waals surface area contributed by atoms with Gasteiger partial charge in [0.25, 0.3) is 0 Å². The first-order chi connectivity index (χ1) is 17.2. The summed E-state index contributed by atoms with van der Waals surface area (Å²) in [7, 11) is 2.67. The summed E-state index contributed by atoms with van der Waals surface area (Å²) in [5.41, 5.74) is 0. The number of esters is 2. The van der Waals surface area contributed by atoms with E-state index in [0.29, 0.717) is 34.4 Å². The molecule has 0 saturated heterocycles. The fraction of sp³-hybridized carbons (Fsp3) is 0.357. The Labute approximate surface area is 242 Å². The Morgan fingerprint density at radius 3 is 1.24 bits per heavy atom. The third kappa shape index (κ3) is 12.6. The average molecular weight is 601 g/mol. The minimum atomic E-state index is -0.546. The second kappa shape index (κ2) is 18.8. The van der Waals surface area contributed by atoms with Crippen molar-refractivity contribution in [2.75, 3.05) is 14.2 Å². The summed E-state index contributed by atoms with van der Waals surface area (Å²) in [6.45, 7) is 15.6. The Hall–Kier alpha value is -2.34. The smallest absolute Gasteiger partial charge is 0.498 e. The predicted octanol–water partition coefficient (Wildman–Crippen LogP) is 7.25. The fourth-order valence-corrected chi connectivity index (χ4v) is 3.29. The molecule has 0 aliphatic rings. The van der Waals surface area contributed by atoms with Crippen molar-refractivity contribution in [2.45, 2.75) is 39.5 Å². The van der Waals surface area contributed by atoms with Crippen molar-refractivity contribution in [2.24, 2.45) is 11.8 Å². The molecule has 2 atom stereocenters. The van der Waals surface area contributed by atoms with Crippen LogP contribution >= 0.6 is 23.2 Å². The summed E-state index contributed by atoms with van der Waals surface area (Å²) in [6.07, 6.45) is 2.80. The van der Waals surface area contributed by atoms with Gasteiger partial charge < -0.3 is 32.1 Å². The van der Waals surface area contributed by atoms with E-state index in [4.69, 9.17) is 55.3 Å². The van der Waals surface area contributed by atoms with Crippen molar-refractivity contribution >= 4 is 35.1 Å². The van der Waals surface area contributed by atoms with Crippen molar-refractivity contribution in [3.8, 4) is 11.5 Å². The second-order valence-electron chi connectivity index (χ2n) is 7.65. The number of methoxy groups -OCH3 is 2. The van der Waals surface area contributed by atoms with Gasteiger partial charge in [0.2, 0.25) is 0 Å². The van der Waals surface area contributed by atoms with E-state index >= 15 is 0 Å². The molecule has 2 aromatic carbocycles. The Morgan fingerprint density at radius 1 is 0.703 bits per heavy atom. The third-order valence-corrected chi connectivity index (χ3v) is 5.42. The van der Waals surface area contributed by atoms with E-state index in [2.05, 4.69) is 0 Å². The largest absolute Gasteiger partial charge is 2.00 e. The zero-order valence-corrected chi connectivity index (χ0v) is 26.1. The van der Waals surface area contributed by atoms with Crippen molar-refractivity contribution in [1.82, 2.24) is 0 Å². The van der Waals surface area contributed by atoms with E-state index in [9.17, 15) is 9.59 Å². The molecule has 196 valence electrons. The van der Waals surface area contributed by atoms with Gasteiger partial charge in [-0.3, -0.25) is 9.59 Å². The van der Waals surface area contributed by atoms with E-state index in [0.717, 1.165) is 12.8 Å². The van der Waals surface area contributed by atoms with Gasteiger partial charge in [-0.05, 0) is 61.4 Å². The first-order valence-corrected chi connectivity index (χ1v) is 12.2. The number of carbonyl (C=O) groups is 2. The molecule has 0 bridgehead atoms. The topological polar surface area (TPSA) is 71.1 Å². The Balaban J connectivity index is 0.000000682. The van der Waals surface area contributed by atoms with Gasteiger partial charge in [0.15, 0.2) is 0 Å². The van der Waals surface area contributed by atoms with E-state index in [1.807, 2.05) is 13.8 Å². The minimum absolute atomic E-state index is 0. The van der Waals surface area contributed by atoms with Crippen LogP contribution in [0.1, 0.15) is 39.5 Å². The van der Waals surface area contributed by atoms with E-state index in [-0.39, 0.29) is 42.9 Å². The van der Waals surface area contributed by atoms with Crippen molar-refractivity contribution < 1.29 is 48.0 Å². The van der Waals surface area contributed by atoms with Gasteiger partial charge in [-0.2, -0.15) is 0 Å². The molecule has 2 rings (SSSR count). The van der Waals surface area contributed by atoms with Crippen LogP contribution in [0.5, 0.6) is 11.5 Å². The molecule has 2 aromatic rings. The summed E-state index contributed by atoms with van der Waals surface area (Å²) < 4.78 is 20.3. The standard InChI is InChI=1S/2C14H16ClO3.Zn/c2*1-4-5-13(14(16)17-3)10(2)18-12-8-6-11(15)7-9-12;/h2*2,6-9,13H,4-5H2,1,3H3;/q2*-1;+2. The quantitative estimate of drug-likeness (QED) is 0.111. The molecule has 0 heterocycles. The summed E-state index contributed by atoms with van der Waals surface area (Å²) in [4.78, 5) is 23.1. The van der Waals surface area contributed by atoms with Crippen LogP contribution in [0.15, 0.2) is 60.0 Å². The average Bonchev–Trinajstić information content (AvgIpc) is 2.87. The number of halogens is 2. The van der Waals surface area contributed by atoms with Gasteiger partial charge in [0, 0.05) is 10.0 Å². The van der Waals surface area contributed by atoms with E-state index in [1.165, 1.54) is 14.2 Å². The van der Waals surface area contributed by atoms with Crippen molar-refractivity contribution in [1.29, 1.82) is 0 Å². The SMILES string of the molecule is [CH-]=C(Oc1ccc(Cl)cc1)C(CCC)C(=O)OC.[CH-]=C(Oc1ccc(Cl)cc1)C(CCC)C(=O)OC.[Zn+2]. The summed E-state index contributed by atoms with van der Waals surface area (Å²) in [6, 6.07) is 13.5. The molecule has 0 spiro atoms. The molecule has 0 fully saturated rings. The molecule has 0 N–H and O–H groups in total. The summed E-state index contributed by atoms with van der Waals surface area (Å²) in [5.74, 6) is -0.487. The van der Waals surface area contributed by atoms with Crippen LogP contribution in [0.2, 0.25) is 10.0 Å². The van der Waals surface area contributed by atoms with Crippen LogP contribution in [0.4, 0.5) is 0 Å². The maximum Gasteiger partial charge on any atom is 2.00 e. The zero-order chi connectivity index (χ0) is 27.1. The molecular weight excluding hydrogens is 569 g/mol. The molecule has 0 aliphatic carbocycles. The first-order valence-electron chi connectivity index (χ1n) is 11.4. The van der Waals surface area contributed by atoms with Gasteiger partial charge in [-0.1, -0.05) is 61.4 Å². The van der Waals surface area contributed by atoms with Crippen LogP contribution < -0.4 is 9.47 Å². The molecule has 6 nitrogen and oxygen atoms in total. The van der Waals surface area contributed by atoms with E-state index in [1.54, 1.807) is 48.5 Å². The monoisotopic (exact) mass is 598 g/mol. The maximum atomic E-state index is 11.6. The number of benzene rings is 2. The molecular formula is C28H32Cl2O6Zn. The zero-order valence-electron chi connectivity index (χ0n) is 21.7. The van der Waals surface area contributed by atoms with Crippen molar-refractivity contribution in [3.05, 3.63) is 83.3 Å². The Bertz CT molecular complexity index is 911. The number of ether oxygens (including phenoxy) is 4. The van der Waals surface area contributed by atoms with Crippen LogP contribution in [-0.4, -0.2) is 26.2 Å². The summed E-state index contributed by atoms with van der Waals surface area (Å²) in [5, 5.41) is 1.22. The van der Waals surface area contributed by atoms with Gasteiger partial charge in [0.05, 0.1) is 26.1 Å². The first kappa shape index (κ1) is 34.7. The molecule has 0 radical (unpaired) electrons. The number of hydrogen-bond donors (Lipinski definition) is 0. The molecule has 0 amide bonds. The normalized spacial score (nSPS) is 11.4. The van der Waals surface area contributed by atoms with Crippen LogP contribution in [0, 0.1) is 25.0 Å². The number of rotatable bonds is 12. The molecule has 0 saturated carbocycles. The van der Waals surface area contributed by atoms with E-state index < -0.39 is 11.8 Å². The minimum Gasteiger partial charge on any atom is -0.498 e. The predicted molar refractivity (Wildman–Crippen MR) is 141 cm³/mol. The van der Waals surface area contributed by atoms with Crippen LogP contribution in [0.3, 0.4) is 0 Å². The molecule has 2 unspecified atom stereocenters. The molecule has 9 heteroatoms. The van der Waals surface area contributed by atoms with Crippen molar-refractivity contribution in [3.63, 3.8) is 0 Å². The Morgan fingerprint density at radius 2 is 1.00 bits per heavy atom. The fourth-order valence-electron chi connectivity index (χ4n) is 3.03. The summed E-state index contributed by atoms with van der Waals surface area (Å²) >= 11 is 11.5. The van der Waals surface area contributed by atoms with Gasteiger partial charge in [-0.15, -0.1) is 0 Å². The van der Waals surface area contributed by atoms with Gasteiger partial charge in [-0.25, -0.2) is 0 Å². The number of hydrogen-bond acceptors (Lipinski definition) is 6.